The molecule has 2 bridgehead atoms. The van der Waals surface area contributed by atoms with Gasteiger partial charge in [-0.1, -0.05) is 56.3 Å². The SMILES string of the molecule is CC1(C)C2CCC1(Cc1cccc3ccccc13)C(=O)C2. The van der Waals surface area contributed by atoms with Crippen LogP contribution in [0, 0.1) is 16.7 Å². The number of benzene rings is 2. The maximum atomic E-state index is 12.7. The van der Waals surface area contributed by atoms with Gasteiger partial charge in [-0.15, -0.1) is 0 Å². The highest BCUT2D eigenvalue weighted by Crippen LogP contribution is 2.65. The average Bonchev–Trinajstić information content (AvgIpc) is 2.82. The van der Waals surface area contributed by atoms with Gasteiger partial charge in [0.1, 0.15) is 5.78 Å². The van der Waals surface area contributed by atoms with Crippen molar-refractivity contribution in [1.82, 2.24) is 0 Å². The minimum Gasteiger partial charge on any atom is -0.299 e. The normalized spacial score (nSPS) is 30.2. The lowest BCUT2D eigenvalue weighted by molar-refractivity contribution is -0.129. The predicted octanol–water partition coefficient (Wildman–Crippen LogP) is 4.78. The van der Waals surface area contributed by atoms with E-state index in [2.05, 4.69) is 56.3 Å². The summed E-state index contributed by atoms with van der Waals surface area (Å²) in [6, 6.07) is 15.0. The summed E-state index contributed by atoms with van der Waals surface area (Å²) >= 11 is 0. The van der Waals surface area contributed by atoms with Crippen molar-refractivity contribution < 1.29 is 4.79 Å². The van der Waals surface area contributed by atoms with Crippen molar-refractivity contribution in [3.63, 3.8) is 0 Å². The molecule has 0 saturated heterocycles. The van der Waals surface area contributed by atoms with Crippen LogP contribution in [-0.2, 0) is 11.2 Å². The lowest BCUT2D eigenvalue weighted by atomic mass is 9.65. The molecule has 0 amide bonds. The maximum absolute atomic E-state index is 12.7. The van der Waals surface area contributed by atoms with Gasteiger partial charge >= 0.3 is 0 Å². The molecule has 21 heavy (non-hydrogen) atoms. The summed E-state index contributed by atoms with van der Waals surface area (Å²) in [5.41, 5.74) is 1.38. The van der Waals surface area contributed by atoms with Gasteiger partial charge < -0.3 is 0 Å². The van der Waals surface area contributed by atoms with Gasteiger partial charge in [0, 0.05) is 11.8 Å². The fourth-order valence-electron chi connectivity index (χ4n) is 4.96. The quantitative estimate of drug-likeness (QED) is 0.772. The zero-order valence-electron chi connectivity index (χ0n) is 12.9. The van der Waals surface area contributed by atoms with Crippen LogP contribution in [0.3, 0.4) is 0 Å². The number of carbonyl (C=O) groups excluding carboxylic acids is 1. The van der Waals surface area contributed by atoms with E-state index < -0.39 is 0 Å². The highest BCUT2D eigenvalue weighted by Gasteiger charge is 2.63. The molecule has 0 N–H and O–H groups in total. The number of rotatable bonds is 2. The summed E-state index contributed by atoms with van der Waals surface area (Å²) in [7, 11) is 0. The molecule has 2 aromatic carbocycles. The first kappa shape index (κ1) is 13.1. The Kier molecular flexibility index (Phi) is 2.61. The number of fused-ring (bicyclic) bond motifs is 3. The van der Waals surface area contributed by atoms with Gasteiger partial charge in [-0.05, 0) is 46.9 Å². The first-order valence-electron chi connectivity index (χ1n) is 8.04. The van der Waals surface area contributed by atoms with Crippen LogP contribution in [0.4, 0.5) is 0 Å². The third kappa shape index (κ3) is 1.61. The number of hydrogen-bond acceptors (Lipinski definition) is 1. The Morgan fingerprint density at radius 3 is 2.57 bits per heavy atom. The summed E-state index contributed by atoms with van der Waals surface area (Å²) in [6.45, 7) is 4.64. The molecule has 0 aliphatic heterocycles. The second-order valence-electron chi connectivity index (χ2n) is 7.48. The van der Waals surface area contributed by atoms with Gasteiger partial charge in [-0.3, -0.25) is 4.79 Å². The zero-order valence-corrected chi connectivity index (χ0v) is 12.9. The first-order chi connectivity index (χ1) is 10.0. The van der Waals surface area contributed by atoms with Crippen molar-refractivity contribution in [2.45, 2.75) is 39.5 Å². The fourth-order valence-corrected chi connectivity index (χ4v) is 4.96. The standard InChI is InChI=1S/C20H22O/c1-19(2)16-10-11-20(19,18(21)12-16)13-15-8-5-7-14-6-3-4-9-17(14)15/h3-9,16H,10-13H2,1-2H3. The summed E-state index contributed by atoms with van der Waals surface area (Å²) in [6.07, 6.45) is 4.02. The van der Waals surface area contributed by atoms with Crippen molar-refractivity contribution in [2.75, 3.05) is 0 Å². The molecule has 4 rings (SSSR count). The van der Waals surface area contributed by atoms with Crippen LogP contribution >= 0.6 is 0 Å². The third-order valence-electron chi connectivity index (χ3n) is 6.51. The molecule has 0 heterocycles. The summed E-state index contributed by atoms with van der Waals surface area (Å²) in [5, 5.41) is 2.59. The topological polar surface area (TPSA) is 17.1 Å². The highest BCUT2D eigenvalue weighted by atomic mass is 16.1. The van der Waals surface area contributed by atoms with Crippen LogP contribution in [0.2, 0.25) is 0 Å². The average molecular weight is 278 g/mol. The van der Waals surface area contributed by atoms with E-state index in [1.165, 1.54) is 22.8 Å². The number of hydrogen-bond donors (Lipinski definition) is 0. The smallest absolute Gasteiger partial charge is 0.140 e. The van der Waals surface area contributed by atoms with Crippen molar-refractivity contribution in [3.05, 3.63) is 48.0 Å². The molecule has 2 unspecified atom stereocenters. The number of ketones is 1. The zero-order chi connectivity index (χ0) is 14.7. The lowest BCUT2D eigenvalue weighted by Gasteiger charge is -2.37. The molecular weight excluding hydrogens is 256 g/mol. The highest BCUT2D eigenvalue weighted by molar-refractivity contribution is 5.91. The van der Waals surface area contributed by atoms with E-state index in [0.717, 1.165) is 19.3 Å². The monoisotopic (exact) mass is 278 g/mol. The second-order valence-corrected chi connectivity index (χ2v) is 7.48. The molecule has 1 heteroatoms. The van der Waals surface area contributed by atoms with Crippen LogP contribution in [0.15, 0.2) is 42.5 Å². The molecule has 1 nitrogen and oxygen atoms in total. The van der Waals surface area contributed by atoms with E-state index in [1.54, 1.807) is 0 Å². The van der Waals surface area contributed by atoms with Crippen LogP contribution in [0.1, 0.15) is 38.7 Å². The van der Waals surface area contributed by atoms with E-state index in [0.29, 0.717) is 11.7 Å². The van der Waals surface area contributed by atoms with E-state index in [4.69, 9.17) is 0 Å². The van der Waals surface area contributed by atoms with Crippen molar-refractivity contribution >= 4 is 16.6 Å². The molecule has 0 spiro atoms. The summed E-state index contributed by atoms with van der Waals surface area (Å²) < 4.78 is 0. The Labute approximate surface area is 126 Å². The molecule has 0 aromatic heterocycles. The van der Waals surface area contributed by atoms with Crippen LogP contribution in [-0.4, -0.2) is 5.78 Å². The molecule has 0 radical (unpaired) electrons. The molecular formula is C20H22O. The van der Waals surface area contributed by atoms with Crippen molar-refractivity contribution in [1.29, 1.82) is 0 Å². The van der Waals surface area contributed by atoms with E-state index in [-0.39, 0.29) is 10.8 Å². The minimum atomic E-state index is -0.123. The fraction of sp³-hybridized carbons (Fsp3) is 0.450. The van der Waals surface area contributed by atoms with Crippen LogP contribution < -0.4 is 0 Å². The van der Waals surface area contributed by atoms with Gasteiger partial charge in [-0.2, -0.15) is 0 Å². The minimum absolute atomic E-state index is 0.123. The molecule has 108 valence electrons. The molecule has 2 saturated carbocycles. The lowest BCUT2D eigenvalue weighted by Crippen LogP contribution is -2.38. The first-order valence-corrected chi connectivity index (χ1v) is 8.04. The van der Waals surface area contributed by atoms with E-state index in [1.807, 2.05) is 0 Å². The van der Waals surface area contributed by atoms with Gasteiger partial charge in [0.25, 0.3) is 0 Å². The van der Waals surface area contributed by atoms with Gasteiger partial charge in [0.05, 0.1) is 0 Å². The Hall–Kier alpha value is -1.63. The Bertz CT molecular complexity index is 722. The molecule has 2 aliphatic carbocycles. The Balaban J connectivity index is 1.83. The Morgan fingerprint density at radius 1 is 1.10 bits per heavy atom. The molecule has 2 aromatic rings. The molecule has 2 atom stereocenters. The van der Waals surface area contributed by atoms with Gasteiger partial charge in [-0.25, -0.2) is 0 Å². The van der Waals surface area contributed by atoms with Crippen LogP contribution in [0.5, 0.6) is 0 Å². The second kappa shape index (κ2) is 4.19. The maximum Gasteiger partial charge on any atom is 0.140 e. The van der Waals surface area contributed by atoms with Crippen molar-refractivity contribution in [2.24, 2.45) is 16.7 Å². The largest absolute Gasteiger partial charge is 0.299 e. The predicted molar refractivity (Wildman–Crippen MR) is 86.2 cm³/mol. The number of carbonyl (C=O) groups is 1. The summed E-state index contributed by atoms with van der Waals surface area (Å²) in [4.78, 5) is 12.7. The summed E-state index contributed by atoms with van der Waals surface area (Å²) in [5.74, 6) is 1.11. The number of Topliss-reactive ketones (excluding diaryl/α,β-unsaturated/α-hetero) is 1. The third-order valence-corrected chi connectivity index (χ3v) is 6.51. The Morgan fingerprint density at radius 2 is 1.86 bits per heavy atom. The van der Waals surface area contributed by atoms with Crippen molar-refractivity contribution in [3.8, 4) is 0 Å². The van der Waals surface area contributed by atoms with Crippen LogP contribution in [0.25, 0.3) is 10.8 Å². The van der Waals surface area contributed by atoms with Gasteiger partial charge in [0.15, 0.2) is 0 Å². The van der Waals surface area contributed by atoms with E-state index >= 15 is 0 Å². The van der Waals surface area contributed by atoms with Gasteiger partial charge in [0.2, 0.25) is 0 Å². The van der Waals surface area contributed by atoms with E-state index in [9.17, 15) is 4.79 Å². The molecule has 2 fully saturated rings. The molecule has 2 aliphatic rings.